The Hall–Kier alpha value is -1.42. The number of carbonyl (C=O) groups excluding carboxylic acids is 1. The fraction of sp³-hybridized carbons (Fsp3) is 0. The molecule has 0 saturated carbocycles. The number of rotatable bonds is 2. The second kappa shape index (κ2) is 5.70. The first kappa shape index (κ1) is 14.0. The van der Waals surface area contributed by atoms with Gasteiger partial charge in [-0.15, -0.1) is 0 Å². The second-order valence-corrected chi connectivity index (χ2v) is 4.94. The summed E-state index contributed by atoms with van der Waals surface area (Å²) in [5, 5.41) is 13.1. The number of para-hydroxylation sites is 1. The van der Waals surface area contributed by atoms with E-state index in [1.54, 1.807) is 18.2 Å². The van der Waals surface area contributed by atoms with Crippen LogP contribution in [0.25, 0.3) is 0 Å². The van der Waals surface area contributed by atoms with E-state index in [1.165, 1.54) is 18.2 Å². The zero-order chi connectivity index (χ0) is 14.0. The third-order valence-corrected chi connectivity index (χ3v) is 3.45. The van der Waals surface area contributed by atoms with Gasteiger partial charge in [0.2, 0.25) is 0 Å². The predicted molar refractivity (Wildman–Crippen MR) is 77.5 cm³/mol. The lowest BCUT2D eigenvalue weighted by Crippen LogP contribution is -2.12. The zero-order valence-electron chi connectivity index (χ0n) is 9.45. The van der Waals surface area contributed by atoms with Crippen molar-refractivity contribution < 1.29 is 9.90 Å². The van der Waals surface area contributed by atoms with Crippen molar-refractivity contribution in [2.75, 3.05) is 5.32 Å². The summed E-state index contributed by atoms with van der Waals surface area (Å²) in [4.78, 5) is 12.0. The van der Waals surface area contributed by atoms with Gasteiger partial charge in [0.05, 0.1) is 20.6 Å². The van der Waals surface area contributed by atoms with Crippen molar-refractivity contribution in [2.45, 2.75) is 0 Å². The van der Waals surface area contributed by atoms with E-state index in [1.807, 2.05) is 0 Å². The molecule has 19 heavy (non-hydrogen) atoms. The number of anilines is 1. The molecule has 0 spiro atoms. The molecule has 0 aliphatic carbocycles. The molecule has 0 bridgehead atoms. The summed E-state index contributed by atoms with van der Waals surface area (Å²) >= 11 is 17.4. The molecule has 3 nitrogen and oxygen atoms in total. The van der Waals surface area contributed by atoms with E-state index < -0.39 is 5.91 Å². The van der Waals surface area contributed by atoms with Gasteiger partial charge in [-0.25, -0.2) is 0 Å². The van der Waals surface area contributed by atoms with Gasteiger partial charge in [-0.05, 0) is 30.3 Å². The highest BCUT2D eigenvalue weighted by atomic mass is 35.5. The van der Waals surface area contributed by atoms with Crippen LogP contribution < -0.4 is 5.32 Å². The Bertz CT molecular complexity index is 644. The lowest BCUT2D eigenvalue weighted by atomic mass is 10.2. The van der Waals surface area contributed by atoms with Crippen LogP contribution in [-0.4, -0.2) is 11.0 Å². The van der Waals surface area contributed by atoms with E-state index in [0.717, 1.165) is 0 Å². The van der Waals surface area contributed by atoms with Crippen LogP contribution in [0.3, 0.4) is 0 Å². The van der Waals surface area contributed by atoms with Crippen LogP contribution in [0.4, 0.5) is 5.69 Å². The third kappa shape index (κ3) is 3.13. The second-order valence-electron chi connectivity index (χ2n) is 3.72. The van der Waals surface area contributed by atoms with E-state index >= 15 is 0 Å². The van der Waals surface area contributed by atoms with Gasteiger partial charge < -0.3 is 10.4 Å². The summed E-state index contributed by atoms with van der Waals surface area (Å²) in [6.07, 6.45) is 0. The van der Waals surface area contributed by atoms with Crippen molar-refractivity contribution in [3.8, 4) is 5.75 Å². The van der Waals surface area contributed by atoms with Crippen LogP contribution in [0.5, 0.6) is 5.75 Å². The number of hydrogen-bond donors (Lipinski definition) is 2. The average molecular weight is 317 g/mol. The maximum Gasteiger partial charge on any atom is 0.259 e. The Kier molecular flexibility index (Phi) is 4.20. The molecule has 0 aliphatic heterocycles. The van der Waals surface area contributed by atoms with Crippen LogP contribution in [0, 0.1) is 0 Å². The van der Waals surface area contributed by atoms with Crippen molar-refractivity contribution in [1.82, 2.24) is 0 Å². The molecule has 0 aromatic heterocycles. The highest BCUT2D eigenvalue weighted by Crippen LogP contribution is 2.29. The SMILES string of the molecule is O=C(Nc1ccc(Cl)c(Cl)c1)c1cccc(Cl)c1O. The molecule has 0 saturated heterocycles. The first-order valence-corrected chi connectivity index (χ1v) is 6.36. The Labute approximate surface area is 124 Å². The van der Waals surface area contributed by atoms with Crippen molar-refractivity contribution in [3.05, 3.63) is 57.0 Å². The molecule has 0 unspecified atom stereocenters. The van der Waals surface area contributed by atoms with Crippen LogP contribution in [0.2, 0.25) is 15.1 Å². The number of aromatic hydroxyl groups is 1. The molecule has 1 amide bonds. The van der Waals surface area contributed by atoms with Crippen molar-refractivity contribution >= 4 is 46.4 Å². The van der Waals surface area contributed by atoms with Gasteiger partial charge in [-0.2, -0.15) is 0 Å². The van der Waals surface area contributed by atoms with Gasteiger partial charge >= 0.3 is 0 Å². The van der Waals surface area contributed by atoms with Crippen molar-refractivity contribution in [2.24, 2.45) is 0 Å². The lowest BCUT2D eigenvalue weighted by Gasteiger charge is -2.08. The maximum absolute atomic E-state index is 12.0. The van der Waals surface area contributed by atoms with Crippen LogP contribution in [-0.2, 0) is 0 Å². The number of carbonyl (C=O) groups is 1. The van der Waals surface area contributed by atoms with E-state index in [4.69, 9.17) is 34.8 Å². The summed E-state index contributed by atoms with van der Waals surface area (Å²) < 4.78 is 0. The minimum atomic E-state index is -0.488. The number of phenols is 1. The molecule has 0 aliphatic rings. The first-order valence-electron chi connectivity index (χ1n) is 5.23. The monoisotopic (exact) mass is 315 g/mol. The van der Waals surface area contributed by atoms with Crippen molar-refractivity contribution in [1.29, 1.82) is 0 Å². The normalized spacial score (nSPS) is 10.3. The van der Waals surface area contributed by atoms with E-state index in [-0.39, 0.29) is 16.3 Å². The third-order valence-electron chi connectivity index (χ3n) is 2.41. The Morgan fingerprint density at radius 2 is 1.74 bits per heavy atom. The van der Waals surface area contributed by atoms with Gasteiger partial charge in [0.25, 0.3) is 5.91 Å². The number of nitrogens with one attached hydrogen (secondary N) is 1. The average Bonchev–Trinajstić information content (AvgIpc) is 2.37. The number of phenolic OH excluding ortho intramolecular Hbond substituents is 1. The molecule has 0 atom stereocenters. The van der Waals surface area contributed by atoms with Gasteiger partial charge in [0, 0.05) is 5.69 Å². The molecular weight excluding hydrogens is 309 g/mol. The predicted octanol–water partition coefficient (Wildman–Crippen LogP) is 4.60. The zero-order valence-corrected chi connectivity index (χ0v) is 11.7. The van der Waals surface area contributed by atoms with Gasteiger partial charge in [0.1, 0.15) is 5.75 Å². The van der Waals surface area contributed by atoms with Gasteiger partial charge in [-0.3, -0.25) is 4.79 Å². The summed E-state index contributed by atoms with van der Waals surface area (Å²) in [7, 11) is 0. The summed E-state index contributed by atoms with van der Waals surface area (Å²) in [6, 6.07) is 9.22. The summed E-state index contributed by atoms with van der Waals surface area (Å²) in [5.41, 5.74) is 0.553. The maximum atomic E-state index is 12.0. The number of hydrogen-bond acceptors (Lipinski definition) is 2. The molecular formula is C13H8Cl3NO2. The number of benzene rings is 2. The topological polar surface area (TPSA) is 49.3 Å². The Morgan fingerprint density at radius 3 is 2.42 bits per heavy atom. The first-order chi connectivity index (χ1) is 8.99. The fourth-order valence-electron chi connectivity index (χ4n) is 1.47. The van der Waals surface area contributed by atoms with E-state index in [2.05, 4.69) is 5.32 Å². The van der Waals surface area contributed by atoms with Crippen LogP contribution in [0.15, 0.2) is 36.4 Å². The molecule has 2 rings (SSSR count). The van der Waals surface area contributed by atoms with Crippen LogP contribution in [0.1, 0.15) is 10.4 Å². The molecule has 6 heteroatoms. The largest absolute Gasteiger partial charge is 0.506 e. The molecule has 98 valence electrons. The van der Waals surface area contributed by atoms with Crippen LogP contribution >= 0.6 is 34.8 Å². The molecule has 0 heterocycles. The minimum Gasteiger partial charge on any atom is -0.506 e. The molecule has 0 radical (unpaired) electrons. The standard InChI is InChI=1S/C13H8Cl3NO2/c14-9-5-4-7(6-11(9)16)17-13(19)8-2-1-3-10(15)12(8)18/h1-6,18H,(H,17,19). The molecule has 0 fully saturated rings. The number of halogens is 3. The smallest absolute Gasteiger partial charge is 0.259 e. The Morgan fingerprint density at radius 1 is 1.00 bits per heavy atom. The van der Waals surface area contributed by atoms with Gasteiger partial charge in [0.15, 0.2) is 0 Å². The molecule has 2 aromatic carbocycles. The highest BCUT2D eigenvalue weighted by Gasteiger charge is 2.13. The summed E-state index contributed by atoms with van der Waals surface area (Å²) in [5.74, 6) is -0.750. The molecule has 2 aromatic rings. The molecule has 2 N–H and O–H groups in total. The number of amides is 1. The Balaban J connectivity index is 2.26. The quantitative estimate of drug-likeness (QED) is 0.850. The lowest BCUT2D eigenvalue weighted by molar-refractivity contribution is 0.102. The minimum absolute atomic E-state index is 0.0820. The summed E-state index contributed by atoms with van der Waals surface area (Å²) in [6.45, 7) is 0. The van der Waals surface area contributed by atoms with E-state index in [0.29, 0.717) is 15.7 Å². The fourth-order valence-corrected chi connectivity index (χ4v) is 1.94. The highest BCUT2D eigenvalue weighted by molar-refractivity contribution is 6.42. The van der Waals surface area contributed by atoms with Gasteiger partial charge in [-0.1, -0.05) is 40.9 Å². The van der Waals surface area contributed by atoms with E-state index in [9.17, 15) is 9.90 Å². The van der Waals surface area contributed by atoms with Crippen molar-refractivity contribution in [3.63, 3.8) is 0 Å².